The molecule has 152 valence electrons. The molecule has 5 nitrogen and oxygen atoms in total. The molecule has 1 aliphatic carbocycles. The molecule has 0 unspecified atom stereocenters. The maximum absolute atomic E-state index is 12.1. The van der Waals surface area contributed by atoms with Crippen LogP contribution in [0, 0.1) is 0 Å². The van der Waals surface area contributed by atoms with Crippen molar-refractivity contribution in [1.82, 2.24) is 10.3 Å². The van der Waals surface area contributed by atoms with Crippen LogP contribution in [0.2, 0.25) is 0 Å². The molecule has 5 heteroatoms. The van der Waals surface area contributed by atoms with Crippen molar-refractivity contribution in [2.45, 2.75) is 18.9 Å². The zero-order valence-electron chi connectivity index (χ0n) is 16.6. The average Bonchev–Trinajstić information content (AvgIpc) is 3.12. The van der Waals surface area contributed by atoms with Crippen LogP contribution in [0.3, 0.4) is 0 Å². The number of fused-ring (bicyclic) bond motifs is 3. The molecule has 3 aromatic rings. The SMILES string of the molecule is O=C(NCCC=Cc1ccc(CO)cn1)OCC1c2ccccc2-c2ccccc21. The Balaban J connectivity index is 1.26. The van der Waals surface area contributed by atoms with Gasteiger partial charge in [0.25, 0.3) is 0 Å². The van der Waals surface area contributed by atoms with E-state index in [1.807, 2.05) is 48.6 Å². The second-order valence-electron chi connectivity index (χ2n) is 7.19. The summed E-state index contributed by atoms with van der Waals surface area (Å²) >= 11 is 0. The molecule has 0 saturated heterocycles. The number of rotatable bonds is 7. The summed E-state index contributed by atoms with van der Waals surface area (Å²) in [4.78, 5) is 16.4. The molecule has 0 fully saturated rings. The molecule has 4 rings (SSSR count). The predicted octanol–water partition coefficient (Wildman–Crippen LogP) is 4.52. The number of pyridine rings is 1. The maximum Gasteiger partial charge on any atom is 0.407 e. The lowest BCUT2D eigenvalue weighted by Gasteiger charge is -2.14. The van der Waals surface area contributed by atoms with E-state index in [-0.39, 0.29) is 12.5 Å². The van der Waals surface area contributed by atoms with Crippen molar-refractivity contribution in [2.75, 3.05) is 13.2 Å². The Morgan fingerprint density at radius 2 is 1.73 bits per heavy atom. The fourth-order valence-corrected chi connectivity index (χ4v) is 3.74. The van der Waals surface area contributed by atoms with Crippen LogP contribution in [0.4, 0.5) is 4.79 Å². The second kappa shape index (κ2) is 9.37. The van der Waals surface area contributed by atoms with Gasteiger partial charge in [-0.1, -0.05) is 60.7 Å². The van der Waals surface area contributed by atoms with Gasteiger partial charge in [-0.15, -0.1) is 0 Å². The molecular formula is C25H24N2O3. The van der Waals surface area contributed by atoms with Crippen molar-refractivity contribution in [2.24, 2.45) is 0 Å². The number of carbonyl (C=O) groups is 1. The number of ether oxygens (including phenoxy) is 1. The number of aliphatic hydroxyl groups excluding tert-OH is 1. The Kier molecular flexibility index (Phi) is 6.20. The maximum atomic E-state index is 12.1. The predicted molar refractivity (Wildman–Crippen MR) is 117 cm³/mol. The number of nitrogens with one attached hydrogen (secondary N) is 1. The van der Waals surface area contributed by atoms with Crippen LogP contribution in [0.25, 0.3) is 17.2 Å². The Morgan fingerprint density at radius 1 is 1.03 bits per heavy atom. The average molecular weight is 400 g/mol. The molecular weight excluding hydrogens is 376 g/mol. The Morgan fingerprint density at radius 3 is 2.37 bits per heavy atom. The van der Waals surface area contributed by atoms with Gasteiger partial charge in [0.05, 0.1) is 12.3 Å². The van der Waals surface area contributed by atoms with E-state index in [9.17, 15) is 4.79 Å². The molecule has 1 amide bonds. The number of nitrogens with zero attached hydrogens (tertiary/aromatic N) is 1. The molecule has 0 saturated carbocycles. The first-order chi connectivity index (χ1) is 14.8. The fourth-order valence-electron chi connectivity index (χ4n) is 3.74. The highest BCUT2D eigenvalue weighted by Gasteiger charge is 2.28. The summed E-state index contributed by atoms with van der Waals surface area (Å²) in [6, 6.07) is 20.3. The summed E-state index contributed by atoms with van der Waals surface area (Å²) in [5, 5.41) is 11.8. The lowest BCUT2D eigenvalue weighted by Crippen LogP contribution is -2.26. The third-order valence-corrected chi connectivity index (χ3v) is 5.24. The molecule has 0 bridgehead atoms. The standard InChI is InChI=1S/C25H24N2O3/c28-16-18-12-13-19(27-15-18)7-5-6-14-26-25(29)30-17-24-22-10-3-1-8-20(22)21-9-2-4-11-23(21)24/h1-5,7-13,15,24,28H,6,14,16-17H2,(H,26,29). The summed E-state index contributed by atoms with van der Waals surface area (Å²) in [6.45, 7) is 0.791. The van der Waals surface area contributed by atoms with Gasteiger partial charge in [-0.05, 0) is 46.4 Å². The molecule has 2 aromatic carbocycles. The minimum atomic E-state index is -0.407. The molecule has 0 atom stereocenters. The van der Waals surface area contributed by atoms with E-state index < -0.39 is 6.09 Å². The van der Waals surface area contributed by atoms with Crippen LogP contribution in [0.5, 0.6) is 0 Å². The Hall–Kier alpha value is -3.44. The van der Waals surface area contributed by atoms with Gasteiger partial charge in [0, 0.05) is 18.7 Å². The zero-order chi connectivity index (χ0) is 20.8. The topological polar surface area (TPSA) is 71.5 Å². The van der Waals surface area contributed by atoms with E-state index in [0.717, 1.165) is 11.3 Å². The van der Waals surface area contributed by atoms with Gasteiger partial charge < -0.3 is 15.2 Å². The summed E-state index contributed by atoms with van der Waals surface area (Å²) in [7, 11) is 0. The lowest BCUT2D eigenvalue weighted by molar-refractivity contribution is 0.143. The Bertz CT molecular complexity index is 999. The molecule has 0 aliphatic heterocycles. The third kappa shape index (κ3) is 4.42. The minimum Gasteiger partial charge on any atom is -0.449 e. The molecule has 30 heavy (non-hydrogen) atoms. The zero-order valence-corrected chi connectivity index (χ0v) is 16.6. The van der Waals surface area contributed by atoms with Crippen LogP contribution >= 0.6 is 0 Å². The molecule has 2 N–H and O–H groups in total. The van der Waals surface area contributed by atoms with Gasteiger partial charge in [0.1, 0.15) is 6.61 Å². The summed E-state index contributed by atoms with van der Waals surface area (Å²) in [6.07, 6.45) is 5.75. The Labute approximate surface area is 176 Å². The van der Waals surface area contributed by atoms with E-state index in [4.69, 9.17) is 9.84 Å². The minimum absolute atomic E-state index is 0.0128. The summed E-state index contributed by atoms with van der Waals surface area (Å²) in [5.74, 6) is 0.0658. The van der Waals surface area contributed by atoms with Crippen LogP contribution < -0.4 is 5.32 Å². The number of hydrogen-bond donors (Lipinski definition) is 2. The molecule has 1 heterocycles. The van der Waals surface area contributed by atoms with Gasteiger partial charge in [-0.3, -0.25) is 4.98 Å². The third-order valence-electron chi connectivity index (χ3n) is 5.24. The van der Waals surface area contributed by atoms with Crippen LogP contribution in [0.15, 0.2) is 72.9 Å². The van der Waals surface area contributed by atoms with Crippen molar-refractivity contribution in [3.05, 3.63) is 95.3 Å². The number of aromatic nitrogens is 1. The van der Waals surface area contributed by atoms with E-state index in [1.54, 1.807) is 6.20 Å². The van der Waals surface area contributed by atoms with Crippen molar-refractivity contribution >= 4 is 12.2 Å². The summed E-state index contributed by atoms with van der Waals surface area (Å²) in [5.41, 5.74) is 6.43. The monoisotopic (exact) mass is 400 g/mol. The van der Waals surface area contributed by atoms with E-state index in [1.165, 1.54) is 22.3 Å². The largest absolute Gasteiger partial charge is 0.449 e. The van der Waals surface area contributed by atoms with Gasteiger partial charge >= 0.3 is 6.09 Å². The quantitative estimate of drug-likeness (QED) is 0.572. The first-order valence-electron chi connectivity index (χ1n) is 10.1. The number of carbonyl (C=O) groups excluding carboxylic acids is 1. The normalized spacial score (nSPS) is 12.6. The molecule has 1 aromatic heterocycles. The van der Waals surface area contributed by atoms with Crippen LogP contribution in [-0.2, 0) is 11.3 Å². The highest BCUT2D eigenvalue weighted by atomic mass is 16.5. The van der Waals surface area contributed by atoms with E-state index in [2.05, 4.69) is 34.6 Å². The lowest BCUT2D eigenvalue weighted by atomic mass is 9.98. The first kappa shape index (κ1) is 19.9. The molecule has 0 radical (unpaired) electrons. The van der Waals surface area contributed by atoms with Crippen molar-refractivity contribution in [1.29, 1.82) is 0 Å². The number of hydrogen-bond acceptors (Lipinski definition) is 4. The molecule has 0 spiro atoms. The number of amides is 1. The highest BCUT2D eigenvalue weighted by molar-refractivity contribution is 5.79. The van der Waals surface area contributed by atoms with Gasteiger partial charge in [0.2, 0.25) is 0 Å². The van der Waals surface area contributed by atoms with Gasteiger partial charge in [-0.25, -0.2) is 4.79 Å². The van der Waals surface area contributed by atoms with Crippen molar-refractivity contribution in [3.63, 3.8) is 0 Å². The summed E-state index contributed by atoms with van der Waals surface area (Å²) < 4.78 is 5.52. The molecule has 1 aliphatic rings. The van der Waals surface area contributed by atoms with Crippen LogP contribution in [-0.4, -0.2) is 29.3 Å². The van der Waals surface area contributed by atoms with Gasteiger partial charge in [0.15, 0.2) is 0 Å². The first-order valence-corrected chi connectivity index (χ1v) is 10.1. The highest BCUT2D eigenvalue weighted by Crippen LogP contribution is 2.44. The van der Waals surface area contributed by atoms with Gasteiger partial charge in [-0.2, -0.15) is 0 Å². The van der Waals surface area contributed by atoms with Crippen LogP contribution in [0.1, 0.15) is 34.7 Å². The smallest absolute Gasteiger partial charge is 0.407 e. The van der Waals surface area contributed by atoms with E-state index >= 15 is 0 Å². The fraction of sp³-hybridized carbons (Fsp3) is 0.200. The second-order valence-corrected chi connectivity index (χ2v) is 7.19. The number of aliphatic hydroxyl groups is 1. The number of alkyl carbamates (subject to hydrolysis) is 1. The van der Waals surface area contributed by atoms with E-state index in [0.29, 0.717) is 19.6 Å². The van der Waals surface area contributed by atoms with Crippen molar-refractivity contribution < 1.29 is 14.6 Å². The van der Waals surface area contributed by atoms with Crippen molar-refractivity contribution in [3.8, 4) is 11.1 Å². The number of benzene rings is 2.